The summed E-state index contributed by atoms with van der Waals surface area (Å²) in [5.74, 6) is 1.35. The first-order valence-electron chi connectivity index (χ1n) is 9.16. The molecule has 29 heavy (non-hydrogen) atoms. The number of nitrogens with zero attached hydrogens (tertiary/aromatic N) is 2. The predicted molar refractivity (Wildman–Crippen MR) is 109 cm³/mol. The third-order valence-corrected chi connectivity index (χ3v) is 4.67. The minimum Gasteiger partial charge on any atom is -0.454 e. The minimum absolute atomic E-state index is 0.129. The standard InChI is InChI=1S/C21H19ClN4O3/c22-16-12-25-21(23-9-8-14-4-2-1-3-5-14)26-19(16)20(27)24-11-15-6-7-17-18(10-15)29-13-28-17/h1-7,10,12H,8-9,11,13H2,(H,24,27)(H,23,25,26). The van der Waals surface area contributed by atoms with E-state index in [4.69, 9.17) is 21.1 Å². The highest BCUT2D eigenvalue weighted by Gasteiger charge is 2.16. The number of anilines is 1. The molecule has 148 valence electrons. The number of nitrogens with one attached hydrogen (secondary N) is 2. The number of rotatable bonds is 7. The number of carbonyl (C=O) groups excluding carboxylic acids is 1. The fourth-order valence-corrected chi connectivity index (χ4v) is 3.07. The summed E-state index contributed by atoms with van der Waals surface area (Å²) in [7, 11) is 0. The van der Waals surface area contributed by atoms with Gasteiger partial charge in [0.05, 0.1) is 11.2 Å². The van der Waals surface area contributed by atoms with Crippen molar-refractivity contribution < 1.29 is 14.3 Å². The summed E-state index contributed by atoms with van der Waals surface area (Å²) < 4.78 is 10.6. The predicted octanol–water partition coefficient (Wildman–Crippen LogP) is 3.44. The van der Waals surface area contributed by atoms with Crippen LogP contribution in [0.5, 0.6) is 11.5 Å². The van der Waals surface area contributed by atoms with Crippen LogP contribution in [0.2, 0.25) is 5.02 Å². The maximum Gasteiger partial charge on any atom is 0.271 e. The number of benzene rings is 2. The van der Waals surface area contributed by atoms with Crippen molar-refractivity contribution in [1.82, 2.24) is 15.3 Å². The van der Waals surface area contributed by atoms with Gasteiger partial charge in [-0.15, -0.1) is 0 Å². The van der Waals surface area contributed by atoms with Crippen molar-refractivity contribution in [2.75, 3.05) is 18.7 Å². The molecule has 1 aromatic heterocycles. The van der Waals surface area contributed by atoms with E-state index in [0.29, 0.717) is 30.5 Å². The van der Waals surface area contributed by atoms with Gasteiger partial charge in [-0.25, -0.2) is 9.97 Å². The number of hydrogen-bond donors (Lipinski definition) is 2. The van der Waals surface area contributed by atoms with Crippen LogP contribution >= 0.6 is 11.6 Å². The first-order valence-corrected chi connectivity index (χ1v) is 9.54. The quantitative estimate of drug-likeness (QED) is 0.620. The van der Waals surface area contributed by atoms with Crippen molar-refractivity contribution in [2.45, 2.75) is 13.0 Å². The Morgan fingerprint density at radius 2 is 1.90 bits per heavy atom. The summed E-state index contributed by atoms with van der Waals surface area (Å²) in [6, 6.07) is 15.6. The van der Waals surface area contributed by atoms with Gasteiger partial charge < -0.3 is 20.1 Å². The fraction of sp³-hybridized carbons (Fsp3) is 0.190. The zero-order valence-corrected chi connectivity index (χ0v) is 16.3. The van der Waals surface area contributed by atoms with E-state index < -0.39 is 0 Å². The van der Waals surface area contributed by atoms with Gasteiger partial charge in [-0.1, -0.05) is 48.0 Å². The highest BCUT2D eigenvalue weighted by atomic mass is 35.5. The zero-order valence-electron chi connectivity index (χ0n) is 15.5. The summed E-state index contributed by atoms with van der Waals surface area (Å²) in [5, 5.41) is 6.14. The lowest BCUT2D eigenvalue weighted by Crippen LogP contribution is -2.25. The second kappa shape index (κ2) is 8.79. The molecule has 0 aliphatic carbocycles. The average Bonchev–Trinajstić information content (AvgIpc) is 3.22. The second-order valence-corrected chi connectivity index (χ2v) is 6.83. The van der Waals surface area contributed by atoms with Crippen LogP contribution in [-0.2, 0) is 13.0 Å². The molecule has 0 unspecified atom stereocenters. The van der Waals surface area contributed by atoms with Gasteiger partial charge in [-0.2, -0.15) is 0 Å². The van der Waals surface area contributed by atoms with E-state index in [0.717, 1.165) is 12.0 Å². The summed E-state index contributed by atoms with van der Waals surface area (Å²) in [6.07, 6.45) is 2.24. The van der Waals surface area contributed by atoms with Gasteiger partial charge in [0.2, 0.25) is 12.7 Å². The topological polar surface area (TPSA) is 85.4 Å². The summed E-state index contributed by atoms with van der Waals surface area (Å²) in [6.45, 7) is 1.16. The Morgan fingerprint density at radius 1 is 1.07 bits per heavy atom. The molecule has 0 fully saturated rings. The molecule has 2 aromatic carbocycles. The number of halogens is 1. The molecule has 1 aliphatic heterocycles. The number of fused-ring (bicyclic) bond motifs is 1. The number of hydrogen-bond acceptors (Lipinski definition) is 6. The van der Waals surface area contributed by atoms with Gasteiger partial charge in [0.1, 0.15) is 0 Å². The molecule has 0 spiro atoms. The van der Waals surface area contributed by atoms with E-state index in [1.165, 1.54) is 11.8 Å². The maximum atomic E-state index is 12.6. The number of aromatic nitrogens is 2. The lowest BCUT2D eigenvalue weighted by molar-refractivity contribution is 0.0946. The van der Waals surface area contributed by atoms with Crippen LogP contribution in [-0.4, -0.2) is 29.2 Å². The number of amides is 1. The summed E-state index contributed by atoms with van der Waals surface area (Å²) >= 11 is 6.13. The Balaban J connectivity index is 1.35. The van der Waals surface area contributed by atoms with Gasteiger partial charge in [0.25, 0.3) is 5.91 Å². The van der Waals surface area contributed by atoms with Crippen molar-refractivity contribution in [1.29, 1.82) is 0 Å². The van der Waals surface area contributed by atoms with Gasteiger partial charge >= 0.3 is 0 Å². The van der Waals surface area contributed by atoms with Crippen LogP contribution in [0.1, 0.15) is 21.6 Å². The molecular formula is C21H19ClN4O3. The van der Waals surface area contributed by atoms with E-state index in [2.05, 4.69) is 32.7 Å². The fourth-order valence-electron chi connectivity index (χ4n) is 2.89. The average molecular weight is 411 g/mol. The minimum atomic E-state index is -0.374. The maximum absolute atomic E-state index is 12.6. The molecule has 2 heterocycles. The summed E-state index contributed by atoms with van der Waals surface area (Å²) in [4.78, 5) is 21.0. The van der Waals surface area contributed by atoms with Gasteiger partial charge in [-0.05, 0) is 29.7 Å². The van der Waals surface area contributed by atoms with Crippen LogP contribution in [0.4, 0.5) is 5.95 Å². The molecule has 0 saturated heterocycles. The molecule has 0 saturated carbocycles. The van der Waals surface area contributed by atoms with Crippen LogP contribution in [0, 0.1) is 0 Å². The molecule has 3 aromatic rings. The zero-order chi connectivity index (χ0) is 20.1. The van der Waals surface area contributed by atoms with E-state index in [1.54, 1.807) is 0 Å². The lowest BCUT2D eigenvalue weighted by Gasteiger charge is -2.09. The lowest BCUT2D eigenvalue weighted by atomic mass is 10.1. The molecule has 1 aliphatic rings. The largest absolute Gasteiger partial charge is 0.454 e. The van der Waals surface area contributed by atoms with E-state index in [9.17, 15) is 4.79 Å². The molecule has 1 amide bonds. The Labute approximate surface area is 173 Å². The van der Waals surface area contributed by atoms with E-state index >= 15 is 0 Å². The Morgan fingerprint density at radius 3 is 2.76 bits per heavy atom. The van der Waals surface area contributed by atoms with E-state index in [1.807, 2.05) is 36.4 Å². The third-order valence-electron chi connectivity index (χ3n) is 4.39. The van der Waals surface area contributed by atoms with Crippen molar-refractivity contribution >= 4 is 23.5 Å². The summed E-state index contributed by atoms with van der Waals surface area (Å²) in [5.41, 5.74) is 2.22. The van der Waals surface area contributed by atoms with Crippen molar-refractivity contribution in [3.8, 4) is 11.5 Å². The molecule has 4 rings (SSSR count). The molecular weight excluding hydrogens is 392 g/mol. The molecule has 0 radical (unpaired) electrons. The van der Waals surface area contributed by atoms with E-state index in [-0.39, 0.29) is 23.4 Å². The Hall–Kier alpha value is -3.32. The Bertz CT molecular complexity index is 1010. The first kappa shape index (κ1) is 19.0. The molecule has 7 nitrogen and oxygen atoms in total. The van der Waals surface area contributed by atoms with Gasteiger partial charge in [-0.3, -0.25) is 4.79 Å². The monoisotopic (exact) mass is 410 g/mol. The highest BCUT2D eigenvalue weighted by molar-refractivity contribution is 6.33. The molecule has 8 heteroatoms. The number of ether oxygens (including phenoxy) is 2. The number of carbonyl (C=O) groups is 1. The van der Waals surface area contributed by atoms with Crippen LogP contribution in [0.3, 0.4) is 0 Å². The van der Waals surface area contributed by atoms with Gasteiger partial charge in [0, 0.05) is 13.1 Å². The third kappa shape index (κ3) is 4.75. The van der Waals surface area contributed by atoms with Crippen LogP contribution in [0.15, 0.2) is 54.7 Å². The van der Waals surface area contributed by atoms with Crippen LogP contribution in [0.25, 0.3) is 0 Å². The van der Waals surface area contributed by atoms with Crippen molar-refractivity contribution in [3.05, 3.63) is 76.6 Å². The normalized spacial score (nSPS) is 11.9. The highest BCUT2D eigenvalue weighted by Crippen LogP contribution is 2.32. The molecule has 2 N–H and O–H groups in total. The molecule has 0 bridgehead atoms. The Kier molecular flexibility index (Phi) is 5.76. The van der Waals surface area contributed by atoms with Crippen molar-refractivity contribution in [3.63, 3.8) is 0 Å². The van der Waals surface area contributed by atoms with Crippen LogP contribution < -0.4 is 20.1 Å². The second-order valence-electron chi connectivity index (χ2n) is 6.42. The smallest absolute Gasteiger partial charge is 0.271 e. The SMILES string of the molecule is O=C(NCc1ccc2c(c1)OCO2)c1nc(NCCc2ccccc2)ncc1Cl. The van der Waals surface area contributed by atoms with Gasteiger partial charge in [0.15, 0.2) is 17.2 Å². The van der Waals surface area contributed by atoms with Crippen molar-refractivity contribution in [2.24, 2.45) is 0 Å². The first-order chi connectivity index (χ1) is 14.2. The molecule has 0 atom stereocenters.